The van der Waals surface area contributed by atoms with Crippen molar-refractivity contribution in [2.45, 2.75) is 61.3 Å². The number of benzene rings is 2. The van der Waals surface area contributed by atoms with Gasteiger partial charge in [-0.2, -0.15) is 0 Å². The Morgan fingerprint density at radius 1 is 0.792 bits per heavy atom. The lowest BCUT2D eigenvalue weighted by Crippen LogP contribution is -1.95. The van der Waals surface area contributed by atoms with Crippen molar-refractivity contribution >= 4 is 11.6 Å². The highest BCUT2D eigenvalue weighted by atomic mass is 35.5. The highest BCUT2D eigenvalue weighted by molar-refractivity contribution is 6.30. The molecule has 0 aromatic heterocycles. The molecule has 0 atom stereocenters. The van der Waals surface area contributed by atoms with Gasteiger partial charge in [-0.1, -0.05) is 89.5 Å². The zero-order valence-electron chi connectivity index (χ0n) is 16.6. The Bertz CT molecular complexity index is 555. The molecular weight excluding hydrogens is 312 g/mol. The minimum atomic E-state index is 0.702. The molecule has 0 aliphatic heterocycles. The average molecular weight is 347 g/mol. The van der Waals surface area contributed by atoms with Crippen LogP contribution in [0.3, 0.4) is 0 Å². The summed E-state index contributed by atoms with van der Waals surface area (Å²) in [4.78, 5) is 0. The van der Waals surface area contributed by atoms with Gasteiger partial charge in [-0.25, -0.2) is 0 Å². The third-order valence-electron chi connectivity index (χ3n) is 3.42. The number of hydrogen-bond donors (Lipinski definition) is 0. The fraction of sp³-hybridized carbons (Fsp3) is 0.478. The smallest absolute Gasteiger partial charge is 0.0408 e. The van der Waals surface area contributed by atoms with Gasteiger partial charge in [-0.3, -0.25) is 0 Å². The Morgan fingerprint density at radius 3 is 1.88 bits per heavy atom. The van der Waals surface area contributed by atoms with Gasteiger partial charge in [0.1, 0.15) is 0 Å². The van der Waals surface area contributed by atoms with Crippen molar-refractivity contribution in [3.05, 3.63) is 70.2 Å². The quantitative estimate of drug-likeness (QED) is 0.530. The predicted octanol–water partition coefficient (Wildman–Crippen LogP) is 7.76. The van der Waals surface area contributed by atoms with Crippen molar-refractivity contribution < 1.29 is 0 Å². The topological polar surface area (TPSA) is 0 Å². The maximum atomic E-state index is 5.83. The molecule has 1 heteroatoms. The Hall–Kier alpha value is -1.27. The molecule has 24 heavy (non-hydrogen) atoms. The van der Waals surface area contributed by atoms with E-state index in [0.717, 1.165) is 17.4 Å². The van der Waals surface area contributed by atoms with Crippen LogP contribution in [0.5, 0.6) is 0 Å². The van der Waals surface area contributed by atoms with Crippen LogP contribution in [0.15, 0.2) is 48.5 Å². The lowest BCUT2D eigenvalue weighted by Gasteiger charge is -2.07. The zero-order valence-corrected chi connectivity index (χ0v) is 17.3. The molecule has 0 spiro atoms. The van der Waals surface area contributed by atoms with E-state index in [4.69, 9.17) is 11.6 Å². The van der Waals surface area contributed by atoms with E-state index in [2.05, 4.69) is 65.0 Å². The van der Waals surface area contributed by atoms with Crippen LogP contribution < -0.4 is 0 Å². The molecule has 0 aliphatic rings. The van der Waals surface area contributed by atoms with E-state index < -0.39 is 0 Å². The van der Waals surface area contributed by atoms with Gasteiger partial charge in [-0.05, 0) is 60.4 Å². The maximum Gasteiger partial charge on any atom is 0.0408 e. The van der Waals surface area contributed by atoms with E-state index in [-0.39, 0.29) is 0 Å². The van der Waals surface area contributed by atoms with Crippen molar-refractivity contribution in [1.29, 1.82) is 0 Å². The Kier molecular flexibility index (Phi) is 12.4. The molecule has 2 aromatic carbocycles. The SMILES string of the molecule is CC.CC(C)Cc1cccc(Cl)c1.Cc1ccccc1CC(C)C. The van der Waals surface area contributed by atoms with Crippen molar-refractivity contribution in [2.75, 3.05) is 0 Å². The average Bonchev–Trinajstić information content (AvgIpc) is 2.51. The molecule has 0 bridgehead atoms. The summed E-state index contributed by atoms with van der Waals surface area (Å²) in [6.07, 6.45) is 2.31. The number of rotatable bonds is 4. The number of halogens is 1. The second-order valence-corrected chi connectivity index (χ2v) is 7.19. The number of aryl methyl sites for hydroxylation is 1. The van der Waals surface area contributed by atoms with E-state index in [1.165, 1.54) is 23.1 Å². The van der Waals surface area contributed by atoms with Crippen LogP contribution in [0, 0.1) is 18.8 Å². The molecule has 0 saturated carbocycles. The molecule has 134 valence electrons. The molecule has 0 saturated heterocycles. The van der Waals surface area contributed by atoms with Crippen LogP contribution in [0.4, 0.5) is 0 Å². The third kappa shape index (κ3) is 10.5. The second kappa shape index (κ2) is 13.1. The van der Waals surface area contributed by atoms with Gasteiger partial charge in [-0.15, -0.1) is 0 Å². The highest BCUT2D eigenvalue weighted by Crippen LogP contribution is 2.14. The Balaban J connectivity index is 0.000000400. The Morgan fingerprint density at radius 2 is 1.38 bits per heavy atom. The fourth-order valence-electron chi connectivity index (χ4n) is 2.41. The molecular formula is C23H35Cl. The summed E-state index contributed by atoms with van der Waals surface area (Å²) in [5.74, 6) is 1.46. The maximum absolute atomic E-state index is 5.83. The molecule has 0 amide bonds. The first-order valence-electron chi connectivity index (χ1n) is 9.17. The van der Waals surface area contributed by atoms with Gasteiger partial charge in [0.05, 0.1) is 0 Å². The van der Waals surface area contributed by atoms with Gasteiger partial charge in [0.2, 0.25) is 0 Å². The summed E-state index contributed by atoms with van der Waals surface area (Å²) in [6, 6.07) is 16.7. The fourth-order valence-corrected chi connectivity index (χ4v) is 2.63. The van der Waals surface area contributed by atoms with Gasteiger partial charge in [0.25, 0.3) is 0 Å². The van der Waals surface area contributed by atoms with Crippen LogP contribution in [0.25, 0.3) is 0 Å². The third-order valence-corrected chi connectivity index (χ3v) is 3.66. The monoisotopic (exact) mass is 346 g/mol. The predicted molar refractivity (Wildman–Crippen MR) is 111 cm³/mol. The summed E-state index contributed by atoms with van der Waals surface area (Å²) in [7, 11) is 0. The van der Waals surface area contributed by atoms with Gasteiger partial charge >= 0.3 is 0 Å². The summed E-state index contributed by atoms with van der Waals surface area (Å²) in [6.45, 7) is 15.1. The zero-order chi connectivity index (χ0) is 18.5. The summed E-state index contributed by atoms with van der Waals surface area (Å²) in [5.41, 5.74) is 4.23. The van der Waals surface area contributed by atoms with E-state index >= 15 is 0 Å². The van der Waals surface area contributed by atoms with Crippen LogP contribution >= 0.6 is 11.6 Å². The lowest BCUT2D eigenvalue weighted by atomic mass is 9.99. The molecule has 0 radical (unpaired) electrons. The van der Waals surface area contributed by atoms with Gasteiger partial charge < -0.3 is 0 Å². The van der Waals surface area contributed by atoms with Crippen LogP contribution in [0.1, 0.15) is 58.2 Å². The molecule has 2 aromatic rings. The highest BCUT2D eigenvalue weighted by Gasteiger charge is 1.99. The molecule has 0 heterocycles. The second-order valence-electron chi connectivity index (χ2n) is 6.75. The van der Waals surface area contributed by atoms with Gasteiger partial charge in [0.15, 0.2) is 0 Å². The first kappa shape index (κ1) is 22.7. The summed E-state index contributed by atoms with van der Waals surface area (Å²) < 4.78 is 0. The van der Waals surface area contributed by atoms with Crippen molar-refractivity contribution in [2.24, 2.45) is 11.8 Å². The van der Waals surface area contributed by atoms with Crippen LogP contribution in [0.2, 0.25) is 5.02 Å². The minimum Gasteiger partial charge on any atom is -0.0843 e. The van der Waals surface area contributed by atoms with E-state index in [1.54, 1.807) is 0 Å². The molecule has 0 nitrogen and oxygen atoms in total. The molecule has 0 fully saturated rings. The molecule has 0 aliphatic carbocycles. The minimum absolute atomic E-state index is 0.702. The number of hydrogen-bond acceptors (Lipinski definition) is 0. The first-order valence-corrected chi connectivity index (χ1v) is 9.55. The van der Waals surface area contributed by atoms with Crippen LogP contribution in [-0.2, 0) is 12.8 Å². The first-order chi connectivity index (χ1) is 11.4. The van der Waals surface area contributed by atoms with Crippen molar-refractivity contribution in [3.63, 3.8) is 0 Å². The van der Waals surface area contributed by atoms with E-state index in [0.29, 0.717) is 5.92 Å². The standard InChI is InChI=1S/C11H16.C10H13Cl.C2H6/c1-9(2)8-11-7-5-4-6-10(11)3;1-8(2)6-9-4-3-5-10(11)7-9;1-2/h4-7,9H,8H2,1-3H3;3-5,7-8H,6H2,1-2H3;1-2H3. The molecule has 0 N–H and O–H groups in total. The molecule has 0 unspecified atom stereocenters. The normalized spacial score (nSPS) is 9.92. The largest absolute Gasteiger partial charge is 0.0843 e. The van der Waals surface area contributed by atoms with Crippen molar-refractivity contribution in [3.8, 4) is 0 Å². The van der Waals surface area contributed by atoms with Crippen molar-refractivity contribution in [1.82, 2.24) is 0 Å². The lowest BCUT2D eigenvalue weighted by molar-refractivity contribution is 0.645. The van der Waals surface area contributed by atoms with Crippen LogP contribution in [-0.4, -0.2) is 0 Å². The summed E-state index contributed by atoms with van der Waals surface area (Å²) >= 11 is 5.83. The van der Waals surface area contributed by atoms with E-state index in [1.807, 2.05) is 32.0 Å². The van der Waals surface area contributed by atoms with E-state index in [9.17, 15) is 0 Å². The summed E-state index contributed by atoms with van der Waals surface area (Å²) in [5, 5.41) is 0.836. The van der Waals surface area contributed by atoms with Gasteiger partial charge in [0, 0.05) is 5.02 Å². The Labute approximate surface area is 155 Å². The molecule has 2 rings (SSSR count).